The van der Waals surface area contributed by atoms with E-state index in [1.807, 2.05) is 6.07 Å². The van der Waals surface area contributed by atoms with Crippen molar-refractivity contribution in [2.75, 3.05) is 5.32 Å². The summed E-state index contributed by atoms with van der Waals surface area (Å²) in [5, 5.41) is 5.57. The highest BCUT2D eigenvalue weighted by Gasteiger charge is 2.35. The minimum atomic E-state index is -0.133. The number of rotatable bonds is 2. The van der Waals surface area contributed by atoms with Crippen LogP contribution < -0.4 is 16.4 Å². The first kappa shape index (κ1) is 10.3. The van der Waals surface area contributed by atoms with E-state index in [4.69, 9.17) is 5.73 Å². The topological polar surface area (TPSA) is 84.2 Å². The van der Waals surface area contributed by atoms with E-state index in [2.05, 4.69) is 10.6 Å². The number of amides is 2. The Morgan fingerprint density at radius 1 is 1.47 bits per heavy atom. The Kier molecular flexibility index (Phi) is 2.16. The Morgan fingerprint density at radius 2 is 2.24 bits per heavy atom. The van der Waals surface area contributed by atoms with Crippen molar-refractivity contribution < 1.29 is 9.59 Å². The van der Waals surface area contributed by atoms with E-state index in [0.29, 0.717) is 12.0 Å². The van der Waals surface area contributed by atoms with E-state index in [9.17, 15) is 9.59 Å². The predicted octanol–water partition coefficient (Wildman–Crippen LogP) is 0.0106. The van der Waals surface area contributed by atoms with E-state index < -0.39 is 0 Å². The Bertz CT molecular complexity index is 512. The van der Waals surface area contributed by atoms with Gasteiger partial charge in [-0.15, -0.1) is 0 Å². The van der Waals surface area contributed by atoms with Crippen LogP contribution in [0.25, 0.3) is 0 Å². The first-order chi connectivity index (χ1) is 8.13. The Balaban J connectivity index is 1.78. The van der Waals surface area contributed by atoms with E-state index in [1.165, 1.54) is 0 Å². The number of anilines is 1. The summed E-state index contributed by atoms with van der Waals surface area (Å²) in [5.41, 5.74) is 7.87. The van der Waals surface area contributed by atoms with Gasteiger partial charge in [-0.1, -0.05) is 6.07 Å². The molecule has 1 aromatic carbocycles. The molecule has 0 saturated heterocycles. The molecular formula is C12H13N3O2. The molecule has 1 aliphatic heterocycles. The summed E-state index contributed by atoms with van der Waals surface area (Å²) < 4.78 is 0. The molecule has 2 unspecified atom stereocenters. The molecule has 1 saturated carbocycles. The molecule has 1 aliphatic carbocycles. The second-order valence-corrected chi connectivity index (χ2v) is 4.58. The molecule has 2 aliphatic rings. The monoisotopic (exact) mass is 231 g/mol. The highest BCUT2D eigenvalue weighted by Crippen LogP contribution is 2.25. The molecule has 0 spiro atoms. The van der Waals surface area contributed by atoms with Gasteiger partial charge in [0.1, 0.15) is 0 Å². The summed E-state index contributed by atoms with van der Waals surface area (Å²) in [6.07, 6.45) is 1.23. The lowest BCUT2D eigenvalue weighted by molar-refractivity contribution is -0.115. The van der Waals surface area contributed by atoms with Crippen LogP contribution in [0, 0.1) is 0 Å². The molecule has 88 valence electrons. The molecule has 1 heterocycles. The maximum atomic E-state index is 11.8. The lowest BCUT2D eigenvalue weighted by Crippen LogP contribution is -2.29. The molecular weight excluding hydrogens is 218 g/mol. The van der Waals surface area contributed by atoms with Crippen LogP contribution in [0.15, 0.2) is 18.2 Å². The van der Waals surface area contributed by atoms with Gasteiger partial charge in [0.15, 0.2) is 0 Å². The average molecular weight is 231 g/mol. The first-order valence-electron chi connectivity index (χ1n) is 5.63. The fraction of sp³-hybridized carbons (Fsp3) is 0.333. The van der Waals surface area contributed by atoms with Crippen molar-refractivity contribution in [3.63, 3.8) is 0 Å². The fourth-order valence-corrected chi connectivity index (χ4v) is 1.99. The number of fused-ring (bicyclic) bond motifs is 1. The number of carbonyl (C=O) groups excluding carboxylic acids is 2. The number of benzene rings is 1. The largest absolute Gasteiger partial charge is 0.348 e. The van der Waals surface area contributed by atoms with Crippen molar-refractivity contribution in [2.24, 2.45) is 5.73 Å². The van der Waals surface area contributed by atoms with Gasteiger partial charge in [-0.25, -0.2) is 0 Å². The van der Waals surface area contributed by atoms with Crippen LogP contribution in [0.4, 0.5) is 5.69 Å². The van der Waals surface area contributed by atoms with E-state index >= 15 is 0 Å². The van der Waals surface area contributed by atoms with Crippen molar-refractivity contribution in [3.05, 3.63) is 29.3 Å². The second-order valence-electron chi connectivity index (χ2n) is 4.58. The van der Waals surface area contributed by atoms with Crippen molar-refractivity contribution in [2.45, 2.75) is 24.9 Å². The number of nitrogens with two attached hydrogens (primary N) is 1. The zero-order chi connectivity index (χ0) is 12.0. The second kappa shape index (κ2) is 3.56. The minimum absolute atomic E-state index is 0.0261. The number of hydrogen-bond donors (Lipinski definition) is 3. The molecule has 2 atom stereocenters. The summed E-state index contributed by atoms with van der Waals surface area (Å²) >= 11 is 0. The lowest BCUT2D eigenvalue weighted by atomic mass is 10.1. The Morgan fingerprint density at radius 3 is 2.94 bits per heavy atom. The maximum absolute atomic E-state index is 11.8. The van der Waals surface area contributed by atoms with Crippen LogP contribution in [-0.4, -0.2) is 23.9 Å². The number of hydrogen-bond acceptors (Lipinski definition) is 3. The normalized spacial score (nSPS) is 25.1. The summed E-state index contributed by atoms with van der Waals surface area (Å²) in [6, 6.07) is 5.46. The van der Waals surface area contributed by atoms with Crippen molar-refractivity contribution in [1.29, 1.82) is 0 Å². The van der Waals surface area contributed by atoms with E-state index in [-0.39, 0.29) is 23.9 Å². The molecule has 4 N–H and O–H groups in total. The molecule has 5 heteroatoms. The summed E-state index contributed by atoms with van der Waals surface area (Å²) in [6.45, 7) is 0. The van der Waals surface area contributed by atoms with E-state index in [0.717, 1.165) is 17.7 Å². The number of nitrogens with one attached hydrogen (secondary N) is 2. The third kappa shape index (κ3) is 1.89. The molecule has 3 rings (SSSR count). The zero-order valence-electron chi connectivity index (χ0n) is 9.19. The average Bonchev–Trinajstić information content (AvgIpc) is 2.84. The molecule has 0 bridgehead atoms. The molecule has 1 aromatic rings. The van der Waals surface area contributed by atoms with Crippen LogP contribution in [-0.2, 0) is 11.2 Å². The van der Waals surface area contributed by atoms with Gasteiger partial charge in [0.2, 0.25) is 5.91 Å². The highest BCUT2D eigenvalue weighted by atomic mass is 16.2. The third-order valence-electron chi connectivity index (χ3n) is 3.15. The van der Waals surface area contributed by atoms with Crippen molar-refractivity contribution >= 4 is 17.5 Å². The lowest BCUT2D eigenvalue weighted by Gasteiger charge is -2.05. The van der Waals surface area contributed by atoms with Crippen molar-refractivity contribution in [1.82, 2.24) is 5.32 Å². The smallest absolute Gasteiger partial charge is 0.251 e. The van der Waals surface area contributed by atoms with Gasteiger partial charge in [0.25, 0.3) is 5.91 Å². The van der Waals surface area contributed by atoms with Gasteiger partial charge >= 0.3 is 0 Å². The van der Waals surface area contributed by atoms with Gasteiger partial charge < -0.3 is 16.4 Å². The van der Waals surface area contributed by atoms with Gasteiger partial charge in [-0.3, -0.25) is 9.59 Å². The van der Waals surface area contributed by atoms with Crippen LogP contribution >= 0.6 is 0 Å². The van der Waals surface area contributed by atoms with E-state index in [1.54, 1.807) is 12.1 Å². The van der Waals surface area contributed by atoms with Crippen LogP contribution in [0.3, 0.4) is 0 Å². The Hall–Kier alpha value is -1.88. The highest BCUT2D eigenvalue weighted by molar-refractivity contribution is 6.02. The first-order valence-corrected chi connectivity index (χ1v) is 5.63. The van der Waals surface area contributed by atoms with Gasteiger partial charge in [-0.2, -0.15) is 0 Å². The van der Waals surface area contributed by atoms with Crippen LogP contribution in [0.2, 0.25) is 0 Å². The maximum Gasteiger partial charge on any atom is 0.251 e. The molecule has 2 amide bonds. The quantitative estimate of drug-likeness (QED) is 0.670. The summed E-state index contributed by atoms with van der Waals surface area (Å²) in [5.74, 6) is -0.159. The molecule has 5 nitrogen and oxygen atoms in total. The predicted molar refractivity (Wildman–Crippen MR) is 62.6 cm³/mol. The fourth-order valence-electron chi connectivity index (χ4n) is 1.99. The minimum Gasteiger partial charge on any atom is -0.348 e. The third-order valence-corrected chi connectivity index (χ3v) is 3.15. The van der Waals surface area contributed by atoms with Gasteiger partial charge in [-0.05, 0) is 24.1 Å². The van der Waals surface area contributed by atoms with Gasteiger partial charge in [0.05, 0.1) is 6.42 Å². The molecule has 0 aromatic heterocycles. The van der Waals surface area contributed by atoms with Crippen molar-refractivity contribution in [3.8, 4) is 0 Å². The Labute approximate surface area is 98.4 Å². The van der Waals surface area contributed by atoms with Gasteiger partial charge in [0, 0.05) is 23.3 Å². The molecule has 1 fully saturated rings. The molecule has 0 radical (unpaired) electrons. The SMILES string of the molecule is NC1CC1NC(=O)c1ccc2c(c1)NC(=O)C2. The zero-order valence-corrected chi connectivity index (χ0v) is 9.19. The van der Waals surface area contributed by atoms with Crippen LogP contribution in [0.5, 0.6) is 0 Å². The molecule has 17 heavy (non-hydrogen) atoms. The van der Waals surface area contributed by atoms with Crippen LogP contribution in [0.1, 0.15) is 22.3 Å². The summed E-state index contributed by atoms with van der Waals surface area (Å²) in [7, 11) is 0. The summed E-state index contributed by atoms with van der Waals surface area (Å²) in [4.78, 5) is 23.0. The standard InChI is InChI=1S/C12H13N3O2/c13-8-5-10(8)15-12(17)7-2-1-6-4-11(16)14-9(6)3-7/h1-3,8,10H,4-5,13H2,(H,14,16)(H,15,17). The number of carbonyl (C=O) groups is 2.